The molecule has 0 aliphatic heterocycles. The number of benzene rings is 2. The van der Waals surface area contributed by atoms with Gasteiger partial charge in [-0.3, -0.25) is 0 Å². The molecule has 0 aromatic heterocycles. The lowest BCUT2D eigenvalue weighted by Crippen LogP contribution is -2.04. The second-order valence-corrected chi connectivity index (χ2v) is 5.77. The van der Waals surface area contributed by atoms with Gasteiger partial charge in [0.25, 0.3) is 0 Å². The quantitative estimate of drug-likeness (QED) is 0.572. The maximum Gasteiger partial charge on any atom is 0.331 e. The third-order valence-corrected chi connectivity index (χ3v) is 3.97. The lowest BCUT2D eigenvalue weighted by molar-refractivity contribution is -0.132. The highest BCUT2D eigenvalue weighted by Crippen LogP contribution is 2.41. The highest BCUT2D eigenvalue weighted by Gasteiger charge is 2.17. The Hall–Kier alpha value is -2.53. The van der Waals surface area contributed by atoms with Gasteiger partial charge in [-0.15, -0.1) is 0 Å². The number of ether oxygens (including phenoxy) is 3. The molecular weight excluding hydrogens is 320 g/mol. The summed E-state index contributed by atoms with van der Waals surface area (Å²) in [5.41, 5.74) is 2.18. The molecule has 134 valence electrons. The number of hydrogen-bond acceptors (Lipinski definition) is 4. The van der Waals surface area contributed by atoms with Crippen molar-refractivity contribution in [3.63, 3.8) is 0 Å². The summed E-state index contributed by atoms with van der Waals surface area (Å²) in [7, 11) is 3.13. The number of carboxylic acid groups (broad SMARTS) is 1. The van der Waals surface area contributed by atoms with Crippen LogP contribution in [0.5, 0.6) is 11.5 Å². The van der Waals surface area contributed by atoms with E-state index in [1.165, 1.54) is 0 Å². The van der Waals surface area contributed by atoms with Crippen LogP contribution in [0.1, 0.15) is 31.4 Å². The summed E-state index contributed by atoms with van der Waals surface area (Å²) >= 11 is 0. The van der Waals surface area contributed by atoms with Crippen molar-refractivity contribution in [2.24, 2.45) is 0 Å². The van der Waals surface area contributed by atoms with Crippen LogP contribution in [0.3, 0.4) is 0 Å². The van der Waals surface area contributed by atoms with Crippen LogP contribution in [0.25, 0.3) is 16.8 Å². The van der Waals surface area contributed by atoms with E-state index in [0.29, 0.717) is 11.5 Å². The molecule has 0 spiro atoms. The van der Waals surface area contributed by atoms with Crippen LogP contribution in [-0.2, 0) is 16.0 Å². The highest BCUT2D eigenvalue weighted by atomic mass is 16.7. The lowest BCUT2D eigenvalue weighted by Gasteiger charge is -2.17. The fourth-order valence-corrected chi connectivity index (χ4v) is 2.82. The Morgan fingerprint density at radius 2 is 2.04 bits per heavy atom. The first kappa shape index (κ1) is 18.8. The summed E-state index contributed by atoms with van der Waals surface area (Å²) < 4.78 is 16.4. The van der Waals surface area contributed by atoms with Crippen LogP contribution < -0.4 is 9.47 Å². The molecular formula is C20H24O5. The number of carboxylic acids is 1. The molecule has 0 aliphatic carbocycles. The highest BCUT2D eigenvalue weighted by molar-refractivity contribution is 6.02. The molecule has 2 rings (SSSR count). The van der Waals surface area contributed by atoms with Crippen molar-refractivity contribution in [3.8, 4) is 11.5 Å². The van der Waals surface area contributed by atoms with Crippen molar-refractivity contribution < 1.29 is 24.1 Å². The van der Waals surface area contributed by atoms with E-state index in [1.54, 1.807) is 33.3 Å². The van der Waals surface area contributed by atoms with Crippen LogP contribution in [0, 0.1) is 0 Å². The monoisotopic (exact) mass is 344 g/mol. The molecule has 2 aromatic carbocycles. The molecule has 0 heterocycles. The smallest absolute Gasteiger partial charge is 0.331 e. The number of methoxy groups -OCH3 is 2. The number of aliphatic carboxylic acids is 1. The average Bonchev–Trinajstić information content (AvgIpc) is 2.60. The van der Waals surface area contributed by atoms with E-state index in [1.807, 2.05) is 12.1 Å². The van der Waals surface area contributed by atoms with Gasteiger partial charge < -0.3 is 19.3 Å². The molecule has 0 radical (unpaired) electrons. The molecule has 5 nitrogen and oxygen atoms in total. The first-order valence-electron chi connectivity index (χ1n) is 8.19. The third kappa shape index (κ3) is 4.12. The second kappa shape index (κ2) is 8.53. The van der Waals surface area contributed by atoms with E-state index in [2.05, 4.69) is 13.0 Å². The van der Waals surface area contributed by atoms with Gasteiger partial charge in [0.05, 0.1) is 7.11 Å². The van der Waals surface area contributed by atoms with Gasteiger partial charge in [-0.2, -0.15) is 0 Å². The Bertz CT molecular complexity index is 792. The van der Waals surface area contributed by atoms with E-state index < -0.39 is 5.97 Å². The topological polar surface area (TPSA) is 65.0 Å². The van der Waals surface area contributed by atoms with Gasteiger partial charge in [-0.1, -0.05) is 31.5 Å². The van der Waals surface area contributed by atoms with Crippen molar-refractivity contribution in [1.82, 2.24) is 0 Å². The summed E-state index contributed by atoms with van der Waals surface area (Å²) in [6, 6.07) is 7.81. The summed E-state index contributed by atoms with van der Waals surface area (Å²) in [6.45, 7) is 3.80. The van der Waals surface area contributed by atoms with Gasteiger partial charge in [-0.25, -0.2) is 4.79 Å². The Morgan fingerprint density at radius 1 is 1.28 bits per heavy atom. The molecule has 2 aromatic rings. The lowest BCUT2D eigenvalue weighted by atomic mass is 9.95. The maximum atomic E-state index is 11.2. The minimum absolute atomic E-state index is 0.106. The molecule has 0 saturated heterocycles. The van der Waals surface area contributed by atoms with Gasteiger partial charge in [-0.05, 0) is 42.0 Å². The van der Waals surface area contributed by atoms with Gasteiger partial charge in [0.1, 0.15) is 0 Å². The zero-order valence-corrected chi connectivity index (χ0v) is 15.1. The molecule has 0 amide bonds. The summed E-state index contributed by atoms with van der Waals surface area (Å²) in [4.78, 5) is 11.2. The molecule has 0 bridgehead atoms. The first-order chi connectivity index (χ1) is 12.0. The normalized spacial score (nSPS) is 11.6. The predicted octanol–water partition coefficient (Wildman–Crippen LogP) is 4.27. The Morgan fingerprint density at radius 3 is 2.64 bits per heavy atom. The van der Waals surface area contributed by atoms with Crippen LogP contribution >= 0.6 is 0 Å². The standard InChI is InChI=1S/C20H24O5/c1-5-7-14-8-6-9-16-15(10-13(2)20(21)22)11-17(24-4)19(18(14)16)25-12-23-3/h6,8-11H,5,7,12H2,1-4H3,(H,21,22)/b13-10+. The molecule has 0 atom stereocenters. The fourth-order valence-electron chi connectivity index (χ4n) is 2.82. The summed E-state index contributed by atoms with van der Waals surface area (Å²) in [5.74, 6) is 0.225. The Labute approximate surface area is 147 Å². The first-order valence-corrected chi connectivity index (χ1v) is 8.19. The summed E-state index contributed by atoms with van der Waals surface area (Å²) in [5, 5.41) is 11.1. The molecule has 0 saturated carbocycles. The second-order valence-electron chi connectivity index (χ2n) is 5.77. The van der Waals surface area contributed by atoms with Gasteiger partial charge in [0, 0.05) is 18.1 Å². The van der Waals surface area contributed by atoms with Crippen LogP contribution in [0.15, 0.2) is 29.8 Å². The van der Waals surface area contributed by atoms with E-state index in [-0.39, 0.29) is 12.4 Å². The Kier molecular flexibility index (Phi) is 6.42. The molecule has 5 heteroatoms. The number of fused-ring (bicyclic) bond motifs is 1. The molecule has 1 N–H and O–H groups in total. The fraction of sp³-hybridized carbons (Fsp3) is 0.350. The van der Waals surface area contributed by atoms with Gasteiger partial charge in [0.15, 0.2) is 18.3 Å². The van der Waals surface area contributed by atoms with Crippen molar-refractivity contribution >= 4 is 22.8 Å². The number of hydrogen-bond donors (Lipinski definition) is 1. The average molecular weight is 344 g/mol. The number of carbonyl (C=O) groups is 1. The van der Waals surface area contributed by atoms with E-state index in [9.17, 15) is 9.90 Å². The Balaban J connectivity index is 2.82. The number of aryl methyl sites for hydroxylation is 1. The van der Waals surface area contributed by atoms with Crippen molar-refractivity contribution in [2.75, 3.05) is 21.0 Å². The summed E-state index contributed by atoms with van der Waals surface area (Å²) in [6.07, 6.45) is 3.53. The zero-order chi connectivity index (χ0) is 18.4. The minimum Gasteiger partial charge on any atom is -0.493 e. The van der Waals surface area contributed by atoms with Crippen LogP contribution in [0.4, 0.5) is 0 Å². The third-order valence-electron chi connectivity index (χ3n) is 3.97. The number of rotatable bonds is 8. The SMILES string of the molecule is CCCc1cccc2c(/C=C(\C)C(=O)O)cc(OC)c(OCOC)c12. The van der Waals surface area contributed by atoms with Crippen LogP contribution in [0.2, 0.25) is 0 Å². The van der Waals surface area contributed by atoms with Crippen molar-refractivity contribution in [1.29, 1.82) is 0 Å². The van der Waals surface area contributed by atoms with E-state index in [4.69, 9.17) is 14.2 Å². The van der Waals surface area contributed by atoms with Crippen LogP contribution in [-0.4, -0.2) is 32.1 Å². The zero-order valence-electron chi connectivity index (χ0n) is 15.1. The molecule has 25 heavy (non-hydrogen) atoms. The molecule has 0 unspecified atom stereocenters. The minimum atomic E-state index is -0.948. The van der Waals surface area contributed by atoms with Crippen molar-refractivity contribution in [3.05, 3.63) is 41.0 Å². The van der Waals surface area contributed by atoms with E-state index >= 15 is 0 Å². The maximum absolute atomic E-state index is 11.2. The van der Waals surface area contributed by atoms with E-state index in [0.717, 1.165) is 34.7 Å². The van der Waals surface area contributed by atoms with Gasteiger partial charge >= 0.3 is 5.97 Å². The predicted molar refractivity (Wildman–Crippen MR) is 98.3 cm³/mol. The molecule has 0 aliphatic rings. The van der Waals surface area contributed by atoms with Crippen molar-refractivity contribution in [2.45, 2.75) is 26.7 Å². The molecule has 0 fully saturated rings. The largest absolute Gasteiger partial charge is 0.493 e. The van der Waals surface area contributed by atoms with Gasteiger partial charge in [0.2, 0.25) is 0 Å².